The third-order valence-electron chi connectivity index (χ3n) is 2.99. The van der Waals surface area contributed by atoms with Crippen molar-refractivity contribution < 1.29 is 27.2 Å². The Balaban J connectivity index is 0.00000128. The van der Waals surface area contributed by atoms with E-state index in [2.05, 4.69) is 24.4 Å². The van der Waals surface area contributed by atoms with Crippen molar-refractivity contribution in [3.63, 3.8) is 0 Å². The molecule has 0 amide bonds. The fourth-order valence-electron chi connectivity index (χ4n) is 2.10. The Morgan fingerprint density at radius 3 is 2.25 bits per heavy atom. The summed E-state index contributed by atoms with van der Waals surface area (Å²) < 4.78 is 10.6. The second-order valence-electron chi connectivity index (χ2n) is 4.10. The average molecular weight is 244 g/mol. The normalized spacial score (nSPS) is 18.3. The number of methoxy groups -OCH3 is 2. The minimum absolute atomic E-state index is 0. The molecule has 2 rings (SSSR count). The second-order valence-corrected chi connectivity index (χ2v) is 4.10. The van der Waals surface area contributed by atoms with Crippen LogP contribution in [0.1, 0.15) is 18.1 Å². The molecule has 1 aromatic carbocycles. The molecular weight excluding hydrogens is 226 g/mol. The van der Waals surface area contributed by atoms with Crippen molar-refractivity contribution in [2.24, 2.45) is 0 Å². The van der Waals surface area contributed by atoms with E-state index < -0.39 is 0 Å². The number of hydrogen-bond acceptors (Lipinski definition) is 2. The van der Waals surface area contributed by atoms with Gasteiger partial charge in [0.2, 0.25) is 0 Å². The van der Waals surface area contributed by atoms with Gasteiger partial charge in [-0.2, -0.15) is 0 Å². The van der Waals surface area contributed by atoms with E-state index >= 15 is 0 Å². The number of benzene rings is 1. The molecule has 1 aromatic rings. The van der Waals surface area contributed by atoms with Crippen LogP contribution in [0.15, 0.2) is 12.1 Å². The van der Waals surface area contributed by atoms with Crippen LogP contribution >= 0.6 is 0 Å². The predicted molar refractivity (Wildman–Crippen MR) is 58.3 cm³/mol. The van der Waals surface area contributed by atoms with Crippen LogP contribution in [-0.2, 0) is 13.0 Å². The zero-order chi connectivity index (χ0) is 10.8. The maximum absolute atomic E-state index is 5.30. The molecule has 90 valence electrons. The monoisotopic (exact) mass is 243 g/mol. The summed E-state index contributed by atoms with van der Waals surface area (Å²) in [7, 11) is 3.36. The number of hydrogen-bond donors (Lipinski definition) is 1. The molecule has 4 heteroatoms. The first kappa shape index (κ1) is 13.1. The molecule has 1 atom stereocenters. The summed E-state index contributed by atoms with van der Waals surface area (Å²) in [5, 5.41) is 2.36. The van der Waals surface area contributed by atoms with Crippen LogP contribution < -0.4 is 27.2 Å². The van der Waals surface area contributed by atoms with Gasteiger partial charge in [0.15, 0.2) is 11.5 Å². The van der Waals surface area contributed by atoms with Gasteiger partial charge in [0.1, 0.15) is 6.54 Å². The van der Waals surface area contributed by atoms with Crippen molar-refractivity contribution in [2.75, 3.05) is 14.2 Å². The summed E-state index contributed by atoms with van der Waals surface area (Å²) in [6.07, 6.45) is 1.11. The zero-order valence-corrected chi connectivity index (χ0v) is 10.7. The van der Waals surface area contributed by atoms with Gasteiger partial charge in [-0.3, -0.25) is 0 Å². The number of quaternary nitrogens is 1. The molecule has 1 heterocycles. The first-order chi connectivity index (χ1) is 7.24. The van der Waals surface area contributed by atoms with Crippen LogP contribution in [0.5, 0.6) is 11.5 Å². The predicted octanol–water partition coefficient (Wildman–Crippen LogP) is -2.28. The molecule has 0 spiro atoms. The van der Waals surface area contributed by atoms with Crippen molar-refractivity contribution in [1.29, 1.82) is 0 Å². The van der Waals surface area contributed by atoms with Gasteiger partial charge < -0.3 is 27.2 Å². The quantitative estimate of drug-likeness (QED) is 0.635. The van der Waals surface area contributed by atoms with Gasteiger partial charge in [-0.25, -0.2) is 0 Å². The van der Waals surface area contributed by atoms with Crippen LogP contribution in [0.3, 0.4) is 0 Å². The largest absolute Gasteiger partial charge is 1.00 e. The molecular formula is C12H18ClNO2. The number of rotatable bonds is 2. The van der Waals surface area contributed by atoms with Gasteiger partial charge in [-0.05, 0) is 24.6 Å². The van der Waals surface area contributed by atoms with Crippen molar-refractivity contribution in [1.82, 2.24) is 0 Å². The SMILES string of the molecule is COc1cc2c(cc1OC)CC(C)[NH2+]C2.[Cl-]. The van der Waals surface area contributed by atoms with E-state index in [9.17, 15) is 0 Å². The van der Waals surface area contributed by atoms with E-state index in [4.69, 9.17) is 9.47 Å². The smallest absolute Gasteiger partial charge is 0.161 e. The molecule has 0 saturated carbocycles. The summed E-state index contributed by atoms with van der Waals surface area (Å²) in [6, 6.07) is 4.87. The van der Waals surface area contributed by atoms with Gasteiger partial charge in [0.05, 0.1) is 20.3 Å². The lowest BCUT2D eigenvalue weighted by Gasteiger charge is -2.21. The zero-order valence-electron chi connectivity index (χ0n) is 9.92. The van der Waals surface area contributed by atoms with Gasteiger partial charge in [0, 0.05) is 12.0 Å². The Bertz CT molecular complexity index is 368. The highest BCUT2D eigenvalue weighted by atomic mass is 35.5. The second kappa shape index (κ2) is 5.41. The number of halogens is 1. The lowest BCUT2D eigenvalue weighted by atomic mass is 9.96. The van der Waals surface area contributed by atoms with Crippen molar-refractivity contribution >= 4 is 0 Å². The lowest BCUT2D eigenvalue weighted by Crippen LogP contribution is -3.00. The highest BCUT2D eigenvalue weighted by Gasteiger charge is 2.20. The Labute approximate surface area is 103 Å². The van der Waals surface area contributed by atoms with Crippen LogP contribution in [0, 0.1) is 0 Å². The molecule has 0 fully saturated rings. The molecule has 2 N–H and O–H groups in total. The van der Waals surface area contributed by atoms with E-state index in [0.717, 1.165) is 24.5 Å². The van der Waals surface area contributed by atoms with E-state index in [-0.39, 0.29) is 12.4 Å². The van der Waals surface area contributed by atoms with Crippen LogP contribution in [0.4, 0.5) is 0 Å². The molecule has 1 unspecified atom stereocenters. The summed E-state index contributed by atoms with van der Waals surface area (Å²) in [5.41, 5.74) is 2.76. The van der Waals surface area contributed by atoms with Crippen LogP contribution in [0.25, 0.3) is 0 Å². The summed E-state index contributed by atoms with van der Waals surface area (Å²) >= 11 is 0. The molecule has 16 heavy (non-hydrogen) atoms. The molecule has 0 bridgehead atoms. The van der Waals surface area contributed by atoms with E-state index in [1.807, 2.05) is 0 Å². The third kappa shape index (κ3) is 2.42. The van der Waals surface area contributed by atoms with E-state index in [1.54, 1.807) is 14.2 Å². The molecule has 0 radical (unpaired) electrons. The van der Waals surface area contributed by atoms with Crippen molar-refractivity contribution in [3.05, 3.63) is 23.3 Å². The Morgan fingerprint density at radius 2 is 1.69 bits per heavy atom. The third-order valence-corrected chi connectivity index (χ3v) is 2.99. The van der Waals surface area contributed by atoms with Crippen LogP contribution in [0.2, 0.25) is 0 Å². The average Bonchev–Trinajstić information content (AvgIpc) is 2.27. The topological polar surface area (TPSA) is 35.1 Å². The van der Waals surface area contributed by atoms with E-state index in [0.29, 0.717) is 6.04 Å². The Hall–Kier alpha value is -0.930. The highest BCUT2D eigenvalue weighted by molar-refractivity contribution is 5.47. The van der Waals surface area contributed by atoms with Gasteiger partial charge in [0.25, 0.3) is 0 Å². The summed E-state index contributed by atoms with van der Waals surface area (Å²) in [4.78, 5) is 0. The van der Waals surface area contributed by atoms with Gasteiger partial charge in [-0.1, -0.05) is 0 Å². The Morgan fingerprint density at radius 1 is 1.12 bits per heavy atom. The number of ether oxygens (including phenoxy) is 2. The fraction of sp³-hybridized carbons (Fsp3) is 0.500. The first-order valence-electron chi connectivity index (χ1n) is 5.31. The maximum atomic E-state index is 5.30. The molecule has 1 aliphatic heterocycles. The molecule has 1 aliphatic rings. The number of nitrogens with two attached hydrogens (primary N) is 1. The van der Waals surface area contributed by atoms with Crippen molar-refractivity contribution in [2.45, 2.75) is 25.9 Å². The van der Waals surface area contributed by atoms with Gasteiger partial charge >= 0.3 is 0 Å². The van der Waals surface area contributed by atoms with Crippen molar-refractivity contribution in [3.8, 4) is 11.5 Å². The minimum atomic E-state index is 0. The molecule has 0 aliphatic carbocycles. The Kier molecular flexibility index (Phi) is 4.44. The van der Waals surface area contributed by atoms with Crippen LogP contribution in [-0.4, -0.2) is 20.3 Å². The summed E-state index contributed by atoms with van der Waals surface area (Å²) in [5.74, 6) is 1.67. The molecule has 0 aromatic heterocycles. The molecule has 0 saturated heterocycles. The standard InChI is InChI=1S/C12H17NO2.ClH/c1-8-4-9-5-11(14-2)12(15-3)6-10(9)7-13-8;/h5-6,8,13H,4,7H2,1-3H3;1H. The highest BCUT2D eigenvalue weighted by Crippen LogP contribution is 2.31. The fourth-order valence-corrected chi connectivity index (χ4v) is 2.10. The van der Waals surface area contributed by atoms with E-state index in [1.165, 1.54) is 11.1 Å². The minimum Gasteiger partial charge on any atom is -1.00 e. The first-order valence-corrected chi connectivity index (χ1v) is 5.31. The summed E-state index contributed by atoms with van der Waals surface area (Å²) in [6.45, 7) is 3.29. The number of fused-ring (bicyclic) bond motifs is 1. The van der Waals surface area contributed by atoms with Gasteiger partial charge in [-0.15, -0.1) is 0 Å². The lowest BCUT2D eigenvalue weighted by molar-refractivity contribution is -0.704. The molecule has 3 nitrogen and oxygen atoms in total. The maximum Gasteiger partial charge on any atom is 0.161 e.